The molecule has 0 spiro atoms. The number of piperidine rings is 1. The maximum atomic E-state index is 3.76. The van der Waals surface area contributed by atoms with E-state index in [1.54, 1.807) is 6.42 Å². The second-order valence-electron chi connectivity index (χ2n) is 7.17. The van der Waals surface area contributed by atoms with E-state index in [1.165, 1.54) is 64.7 Å². The van der Waals surface area contributed by atoms with Gasteiger partial charge in [-0.05, 0) is 95.4 Å². The van der Waals surface area contributed by atoms with Crippen LogP contribution in [0.15, 0.2) is 0 Å². The van der Waals surface area contributed by atoms with Gasteiger partial charge in [0.25, 0.3) is 0 Å². The summed E-state index contributed by atoms with van der Waals surface area (Å²) in [6, 6.07) is 0. The fourth-order valence-electron chi connectivity index (χ4n) is 4.57. The molecule has 0 aromatic carbocycles. The van der Waals surface area contributed by atoms with Gasteiger partial charge in [0.1, 0.15) is 0 Å². The molecule has 2 bridgehead atoms. The van der Waals surface area contributed by atoms with Crippen LogP contribution >= 0.6 is 0 Å². The number of nitrogens with zero attached hydrogens (tertiary/aromatic N) is 1. The summed E-state index contributed by atoms with van der Waals surface area (Å²) in [5, 5.41) is 3.76. The van der Waals surface area contributed by atoms with Crippen LogP contribution in [0.25, 0.3) is 0 Å². The fraction of sp³-hybridized carbons (Fsp3) is 1.00. The maximum absolute atomic E-state index is 3.76. The van der Waals surface area contributed by atoms with Crippen molar-refractivity contribution in [2.75, 3.05) is 33.2 Å². The summed E-state index contributed by atoms with van der Waals surface area (Å²) >= 11 is 0. The van der Waals surface area contributed by atoms with E-state index in [-0.39, 0.29) is 0 Å². The minimum atomic E-state index is 0.994. The molecule has 3 rings (SSSR count). The van der Waals surface area contributed by atoms with E-state index in [1.807, 2.05) is 0 Å². The van der Waals surface area contributed by atoms with Crippen LogP contribution in [0.3, 0.4) is 0 Å². The van der Waals surface area contributed by atoms with Crippen LogP contribution < -0.4 is 5.32 Å². The lowest BCUT2D eigenvalue weighted by Gasteiger charge is -2.29. The van der Waals surface area contributed by atoms with Crippen molar-refractivity contribution < 1.29 is 0 Å². The highest BCUT2D eigenvalue weighted by Crippen LogP contribution is 2.47. The number of nitrogens with one attached hydrogen (secondary N) is 1. The first-order valence-corrected chi connectivity index (χ1v) is 8.20. The number of likely N-dealkylation sites (tertiary alicyclic amines) is 1. The molecule has 0 aromatic rings. The third-order valence-electron chi connectivity index (χ3n) is 5.86. The van der Waals surface area contributed by atoms with E-state index >= 15 is 0 Å². The van der Waals surface area contributed by atoms with Crippen molar-refractivity contribution in [3.05, 3.63) is 0 Å². The van der Waals surface area contributed by atoms with E-state index in [9.17, 15) is 0 Å². The molecule has 2 heteroatoms. The molecule has 3 aliphatic rings. The molecular weight excluding hydrogens is 220 g/mol. The molecule has 0 radical (unpaired) electrons. The highest BCUT2D eigenvalue weighted by molar-refractivity contribution is 4.90. The predicted molar refractivity (Wildman–Crippen MR) is 76.6 cm³/mol. The van der Waals surface area contributed by atoms with Gasteiger partial charge in [-0.25, -0.2) is 0 Å². The first kappa shape index (κ1) is 12.9. The Balaban J connectivity index is 1.27. The zero-order chi connectivity index (χ0) is 12.4. The van der Waals surface area contributed by atoms with E-state index in [2.05, 4.69) is 17.3 Å². The van der Waals surface area contributed by atoms with E-state index in [0.29, 0.717) is 0 Å². The van der Waals surface area contributed by atoms with Crippen molar-refractivity contribution in [3.8, 4) is 0 Å². The first-order valence-electron chi connectivity index (χ1n) is 8.20. The second kappa shape index (κ2) is 5.92. The Morgan fingerprint density at radius 3 is 2.56 bits per heavy atom. The minimum Gasteiger partial charge on any atom is -0.316 e. The Morgan fingerprint density at radius 2 is 1.89 bits per heavy atom. The van der Waals surface area contributed by atoms with Crippen molar-refractivity contribution in [2.45, 2.75) is 44.9 Å². The maximum Gasteiger partial charge on any atom is -0.00178 e. The average molecular weight is 250 g/mol. The van der Waals surface area contributed by atoms with Crippen LogP contribution in [-0.2, 0) is 0 Å². The van der Waals surface area contributed by atoms with Gasteiger partial charge in [-0.2, -0.15) is 0 Å². The molecule has 3 unspecified atom stereocenters. The normalized spacial score (nSPS) is 37.5. The molecule has 2 aliphatic carbocycles. The summed E-state index contributed by atoms with van der Waals surface area (Å²) in [7, 11) is 2.25. The number of hydrogen-bond acceptors (Lipinski definition) is 2. The van der Waals surface area contributed by atoms with Crippen molar-refractivity contribution in [3.63, 3.8) is 0 Å². The summed E-state index contributed by atoms with van der Waals surface area (Å²) < 4.78 is 0. The topological polar surface area (TPSA) is 15.3 Å². The molecule has 0 aromatic heterocycles. The van der Waals surface area contributed by atoms with Gasteiger partial charge in [0.15, 0.2) is 0 Å². The van der Waals surface area contributed by atoms with E-state index in [4.69, 9.17) is 0 Å². The molecule has 3 atom stereocenters. The van der Waals surface area contributed by atoms with Crippen LogP contribution in [0.2, 0.25) is 0 Å². The van der Waals surface area contributed by atoms with Crippen LogP contribution in [0.1, 0.15) is 44.9 Å². The van der Waals surface area contributed by atoms with Crippen LogP contribution in [0, 0.1) is 23.7 Å². The lowest BCUT2D eigenvalue weighted by atomic mass is 9.88. The second-order valence-corrected chi connectivity index (χ2v) is 7.17. The highest BCUT2D eigenvalue weighted by atomic mass is 15.1. The van der Waals surface area contributed by atoms with E-state index in [0.717, 1.165) is 23.7 Å². The molecule has 18 heavy (non-hydrogen) atoms. The molecule has 1 heterocycles. The van der Waals surface area contributed by atoms with Gasteiger partial charge >= 0.3 is 0 Å². The van der Waals surface area contributed by atoms with Gasteiger partial charge in [0.2, 0.25) is 0 Å². The number of hydrogen-bond donors (Lipinski definition) is 1. The molecular formula is C16H30N2. The molecule has 0 amide bonds. The zero-order valence-corrected chi connectivity index (χ0v) is 12.0. The zero-order valence-electron chi connectivity index (χ0n) is 12.0. The molecule has 1 saturated heterocycles. The first-order chi connectivity index (χ1) is 8.81. The molecule has 104 valence electrons. The quantitative estimate of drug-likeness (QED) is 0.755. The Morgan fingerprint density at radius 1 is 1.06 bits per heavy atom. The van der Waals surface area contributed by atoms with Gasteiger partial charge in [0.05, 0.1) is 0 Å². The van der Waals surface area contributed by atoms with Crippen molar-refractivity contribution in [1.29, 1.82) is 0 Å². The third kappa shape index (κ3) is 3.08. The van der Waals surface area contributed by atoms with Gasteiger partial charge in [-0.1, -0.05) is 6.42 Å². The molecule has 1 N–H and O–H groups in total. The standard InChI is InChI=1S/C16H30N2/c1-18-8-5-13(6-9-18)4-7-17-12-16-11-14-2-3-15(16)10-14/h13-17H,2-12H2,1H3. The Hall–Kier alpha value is -0.0800. The summed E-state index contributed by atoms with van der Waals surface area (Å²) in [4.78, 5) is 2.47. The Kier molecular flexibility index (Phi) is 4.25. The largest absolute Gasteiger partial charge is 0.316 e. The van der Waals surface area contributed by atoms with Gasteiger partial charge in [0, 0.05) is 0 Å². The number of fused-ring (bicyclic) bond motifs is 2. The third-order valence-corrected chi connectivity index (χ3v) is 5.86. The lowest BCUT2D eigenvalue weighted by Crippen LogP contribution is -2.33. The van der Waals surface area contributed by atoms with Gasteiger partial charge < -0.3 is 10.2 Å². The molecule has 2 nitrogen and oxygen atoms in total. The summed E-state index contributed by atoms with van der Waals surface area (Å²) in [6.45, 7) is 5.21. The highest BCUT2D eigenvalue weighted by Gasteiger charge is 2.38. The summed E-state index contributed by atoms with van der Waals surface area (Å²) in [5.74, 6) is 4.22. The van der Waals surface area contributed by atoms with E-state index < -0.39 is 0 Å². The summed E-state index contributed by atoms with van der Waals surface area (Å²) in [5.41, 5.74) is 0. The fourth-order valence-corrected chi connectivity index (χ4v) is 4.57. The van der Waals surface area contributed by atoms with Gasteiger partial charge in [-0.3, -0.25) is 0 Å². The van der Waals surface area contributed by atoms with Crippen molar-refractivity contribution >= 4 is 0 Å². The number of rotatable bonds is 5. The Labute approximate surface area is 113 Å². The van der Waals surface area contributed by atoms with Crippen LogP contribution in [0.5, 0.6) is 0 Å². The monoisotopic (exact) mass is 250 g/mol. The predicted octanol–water partition coefficient (Wildman–Crippen LogP) is 2.74. The van der Waals surface area contributed by atoms with Gasteiger partial charge in [-0.15, -0.1) is 0 Å². The van der Waals surface area contributed by atoms with Crippen molar-refractivity contribution in [2.24, 2.45) is 23.7 Å². The SMILES string of the molecule is CN1CCC(CCNCC2CC3CCC2C3)CC1. The summed E-state index contributed by atoms with van der Waals surface area (Å²) in [6.07, 6.45) is 10.4. The molecule has 1 aliphatic heterocycles. The Bertz CT molecular complexity index is 258. The van der Waals surface area contributed by atoms with Crippen molar-refractivity contribution in [1.82, 2.24) is 10.2 Å². The smallest absolute Gasteiger partial charge is 0.00178 e. The molecule has 2 saturated carbocycles. The molecule has 3 fully saturated rings. The minimum absolute atomic E-state index is 0.994. The van der Waals surface area contributed by atoms with Crippen LogP contribution in [-0.4, -0.2) is 38.1 Å². The lowest BCUT2D eigenvalue weighted by molar-refractivity contribution is 0.210. The van der Waals surface area contributed by atoms with Crippen LogP contribution in [0.4, 0.5) is 0 Å². The average Bonchev–Trinajstić information content (AvgIpc) is 2.99.